The van der Waals surface area contributed by atoms with Crippen LogP contribution in [-0.4, -0.2) is 15.9 Å². The number of carbonyl (C=O) groups is 1. The topological polar surface area (TPSA) is 56.0 Å². The number of fused-ring (bicyclic) bond motifs is 1. The molecule has 1 aromatic carbocycles. The van der Waals surface area contributed by atoms with Crippen LogP contribution in [0, 0.1) is 5.41 Å². The van der Waals surface area contributed by atoms with Gasteiger partial charge in [0.2, 0.25) is 5.89 Å². The Bertz CT molecular complexity index is 667. The van der Waals surface area contributed by atoms with Crippen LogP contribution < -0.4 is 0 Å². The molecule has 110 valence electrons. The SMILES string of the molecule is CC(C)(C)C(=O)Cc1nc(C2CCc3ccccc32)no1. The van der Waals surface area contributed by atoms with Gasteiger partial charge in [-0.25, -0.2) is 0 Å². The highest BCUT2D eigenvalue weighted by Crippen LogP contribution is 2.36. The molecule has 4 heteroatoms. The molecule has 2 aromatic rings. The fourth-order valence-electron chi connectivity index (χ4n) is 2.71. The molecule has 0 saturated carbocycles. The van der Waals surface area contributed by atoms with Gasteiger partial charge in [0.25, 0.3) is 0 Å². The first-order valence-corrected chi connectivity index (χ1v) is 7.39. The number of rotatable bonds is 3. The minimum atomic E-state index is -0.380. The Morgan fingerprint density at radius 2 is 2.10 bits per heavy atom. The summed E-state index contributed by atoms with van der Waals surface area (Å²) in [6.07, 6.45) is 2.27. The second-order valence-electron chi connectivity index (χ2n) is 6.69. The first-order valence-electron chi connectivity index (χ1n) is 7.39. The van der Waals surface area contributed by atoms with E-state index in [-0.39, 0.29) is 23.5 Å². The predicted octanol–water partition coefficient (Wildman–Crippen LogP) is 3.31. The highest BCUT2D eigenvalue weighted by atomic mass is 16.5. The molecule has 1 heterocycles. The van der Waals surface area contributed by atoms with E-state index in [2.05, 4.69) is 28.3 Å². The molecular formula is C17H20N2O2. The van der Waals surface area contributed by atoms with E-state index in [0.29, 0.717) is 11.7 Å². The molecule has 3 rings (SSSR count). The summed E-state index contributed by atoms with van der Waals surface area (Å²) in [5.74, 6) is 1.44. The van der Waals surface area contributed by atoms with Gasteiger partial charge in [0.05, 0.1) is 6.42 Å². The van der Waals surface area contributed by atoms with Crippen LogP contribution in [0.15, 0.2) is 28.8 Å². The average Bonchev–Trinajstić information content (AvgIpc) is 3.03. The summed E-state index contributed by atoms with van der Waals surface area (Å²) in [7, 11) is 0. The third kappa shape index (κ3) is 2.75. The molecule has 0 bridgehead atoms. The second kappa shape index (κ2) is 5.10. The van der Waals surface area contributed by atoms with Crippen LogP contribution in [0.2, 0.25) is 0 Å². The van der Waals surface area contributed by atoms with E-state index in [1.165, 1.54) is 11.1 Å². The quantitative estimate of drug-likeness (QED) is 0.867. The van der Waals surface area contributed by atoms with Crippen molar-refractivity contribution in [3.63, 3.8) is 0 Å². The van der Waals surface area contributed by atoms with Crippen molar-refractivity contribution in [1.29, 1.82) is 0 Å². The summed E-state index contributed by atoms with van der Waals surface area (Å²) in [6, 6.07) is 8.38. The summed E-state index contributed by atoms with van der Waals surface area (Å²) in [5, 5.41) is 4.09. The number of ketones is 1. The molecule has 1 aliphatic carbocycles. The van der Waals surface area contributed by atoms with E-state index in [1.54, 1.807) is 0 Å². The third-order valence-electron chi connectivity index (χ3n) is 4.08. The van der Waals surface area contributed by atoms with Crippen molar-refractivity contribution in [2.45, 2.75) is 46.0 Å². The number of aromatic nitrogens is 2. The van der Waals surface area contributed by atoms with Crippen molar-refractivity contribution < 1.29 is 9.32 Å². The minimum Gasteiger partial charge on any atom is -0.339 e. The molecule has 0 radical (unpaired) electrons. The van der Waals surface area contributed by atoms with Crippen molar-refractivity contribution >= 4 is 5.78 Å². The van der Waals surface area contributed by atoms with Crippen LogP contribution in [-0.2, 0) is 17.6 Å². The van der Waals surface area contributed by atoms with Gasteiger partial charge in [-0.2, -0.15) is 4.98 Å². The molecule has 1 aromatic heterocycles. The lowest BCUT2D eigenvalue weighted by molar-refractivity contribution is -0.125. The van der Waals surface area contributed by atoms with Crippen molar-refractivity contribution in [3.8, 4) is 0 Å². The highest BCUT2D eigenvalue weighted by Gasteiger charge is 2.29. The summed E-state index contributed by atoms with van der Waals surface area (Å²) in [4.78, 5) is 16.5. The Morgan fingerprint density at radius 1 is 1.33 bits per heavy atom. The maximum absolute atomic E-state index is 12.0. The Kier molecular flexibility index (Phi) is 3.40. The summed E-state index contributed by atoms with van der Waals surface area (Å²) in [6.45, 7) is 5.71. The van der Waals surface area contributed by atoms with Gasteiger partial charge in [-0.3, -0.25) is 4.79 Å². The molecule has 0 amide bonds. The molecule has 21 heavy (non-hydrogen) atoms. The monoisotopic (exact) mass is 284 g/mol. The first-order chi connectivity index (χ1) is 9.95. The van der Waals surface area contributed by atoms with E-state index in [0.717, 1.165) is 12.8 Å². The van der Waals surface area contributed by atoms with Crippen molar-refractivity contribution in [3.05, 3.63) is 47.1 Å². The molecule has 0 N–H and O–H groups in total. The van der Waals surface area contributed by atoms with Crippen LogP contribution in [0.4, 0.5) is 0 Å². The van der Waals surface area contributed by atoms with Crippen LogP contribution in [0.5, 0.6) is 0 Å². The van der Waals surface area contributed by atoms with E-state index >= 15 is 0 Å². The zero-order valence-corrected chi connectivity index (χ0v) is 12.7. The maximum atomic E-state index is 12.0. The lowest BCUT2D eigenvalue weighted by Gasteiger charge is -2.14. The Labute approximate surface area is 124 Å². The highest BCUT2D eigenvalue weighted by molar-refractivity contribution is 5.84. The molecule has 1 aliphatic rings. The van der Waals surface area contributed by atoms with Gasteiger partial charge < -0.3 is 4.52 Å². The Hall–Kier alpha value is -1.97. The van der Waals surface area contributed by atoms with E-state index < -0.39 is 0 Å². The predicted molar refractivity (Wildman–Crippen MR) is 79.1 cm³/mol. The van der Waals surface area contributed by atoms with Crippen LogP contribution >= 0.6 is 0 Å². The largest absolute Gasteiger partial charge is 0.339 e. The molecule has 4 nitrogen and oxygen atoms in total. The lowest BCUT2D eigenvalue weighted by atomic mass is 9.89. The normalized spacial score (nSPS) is 17.8. The maximum Gasteiger partial charge on any atom is 0.234 e. The first kappa shape index (κ1) is 14.0. The Morgan fingerprint density at radius 3 is 2.86 bits per heavy atom. The second-order valence-corrected chi connectivity index (χ2v) is 6.69. The zero-order chi connectivity index (χ0) is 15.0. The van der Waals surface area contributed by atoms with E-state index in [4.69, 9.17) is 4.52 Å². The smallest absolute Gasteiger partial charge is 0.234 e. The minimum absolute atomic E-state index is 0.115. The molecular weight excluding hydrogens is 264 g/mol. The number of Topliss-reactive ketones (excluding diaryl/α,β-unsaturated/α-hetero) is 1. The number of carbonyl (C=O) groups excluding carboxylic acids is 1. The van der Waals surface area contributed by atoms with Gasteiger partial charge in [-0.05, 0) is 24.0 Å². The molecule has 1 atom stereocenters. The van der Waals surface area contributed by atoms with Gasteiger partial charge in [-0.15, -0.1) is 0 Å². The van der Waals surface area contributed by atoms with Crippen molar-refractivity contribution in [1.82, 2.24) is 10.1 Å². The van der Waals surface area contributed by atoms with Crippen molar-refractivity contribution in [2.24, 2.45) is 5.41 Å². The summed E-state index contributed by atoms with van der Waals surface area (Å²) in [5.41, 5.74) is 2.26. The Balaban J connectivity index is 1.79. The number of hydrogen-bond donors (Lipinski definition) is 0. The summed E-state index contributed by atoms with van der Waals surface area (Å²) >= 11 is 0. The third-order valence-corrected chi connectivity index (χ3v) is 4.08. The van der Waals surface area contributed by atoms with Gasteiger partial charge in [0.15, 0.2) is 5.82 Å². The number of nitrogens with zero attached hydrogens (tertiary/aromatic N) is 2. The van der Waals surface area contributed by atoms with E-state index in [9.17, 15) is 4.79 Å². The zero-order valence-electron chi connectivity index (χ0n) is 12.7. The van der Waals surface area contributed by atoms with Crippen LogP contribution in [0.3, 0.4) is 0 Å². The molecule has 0 spiro atoms. The average molecular weight is 284 g/mol. The molecule has 0 saturated heterocycles. The van der Waals surface area contributed by atoms with Crippen molar-refractivity contribution in [2.75, 3.05) is 0 Å². The van der Waals surface area contributed by atoms with Gasteiger partial charge >= 0.3 is 0 Å². The molecule has 1 unspecified atom stereocenters. The molecule has 0 fully saturated rings. The molecule has 0 aliphatic heterocycles. The lowest BCUT2D eigenvalue weighted by Crippen LogP contribution is -2.22. The van der Waals surface area contributed by atoms with Crippen LogP contribution in [0.25, 0.3) is 0 Å². The van der Waals surface area contributed by atoms with Gasteiger partial charge in [0, 0.05) is 11.3 Å². The fourth-order valence-corrected chi connectivity index (χ4v) is 2.71. The number of aryl methyl sites for hydroxylation is 1. The summed E-state index contributed by atoms with van der Waals surface area (Å²) < 4.78 is 5.28. The fraction of sp³-hybridized carbons (Fsp3) is 0.471. The number of benzene rings is 1. The van der Waals surface area contributed by atoms with Gasteiger partial charge in [-0.1, -0.05) is 50.2 Å². The standard InChI is InChI=1S/C17H20N2O2/c1-17(2,3)14(20)10-15-18-16(19-21-15)13-9-8-11-6-4-5-7-12(11)13/h4-7,13H,8-10H2,1-3H3. The van der Waals surface area contributed by atoms with Gasteiger partial charge in [0.1, 0.15) is 5.78 Å². The van der Waals surface area contributed by atoms with Crippen LogP contribution in [0.1, 0.15) is 56.0 Å². The van der Waals surface area contributed by atoms with E-state index in [1.807, 2.05) is 26.8 Å². The number of hydrogen-bond acceptors (Lipinski definition) is 4.